The molecule has 0 atom stereocenters. The third-order valence-corrected chi connectivity index (χ3v) is 0. The average molecular weight is 134 g/mol. The summed E-state index contributed by atoms with van der Waals surface area (Å²) < 4.78 is 0. The number of rotatable bonds is 0. The van der Waals surface area contributed by atoms with E-state index in [0.29, 0.717) is 0 Å². The zero-order valence-electron chi connectivity index (χ0n) is 4.73. The highest BCUT2D eigenvalue weighted by molar-refractivity contribution is 5.44. The topological polar surface area (TPSA) is 88.5 Å². The lowest BCUT2D eigenvalue weighted by molar-refractivity contribution is -0.191. The van der Waals surface area contributed by atoms with E-state index in [1.54, 1.807) is 0 Å². The molecule has 0 fully saturated rings. The summed E-state index contributed by atoms with van der Waals surface area (Å²) in [5, 5.41) is 6.89. The summed E-state index contributed by atoms with van der Waals surface area (Å²) in [4.78, 5) is 33.4. The summed E-state index contributed by atoms with van der Waals surface area (Å²) >= 11 is 0. The van der Waals surface area contributed by atoms with E-state index in [-0.39, 0.29) is 12.6 Å². The maximum Gasteiger partial charge on any atom is 0.373 e. The Labute approximate surface area is 51.3 Å². The largest absolute Gasteiger partial charge is 0.483 e. The Morgan fingerprint density at radius 3 is 1.33 bits per heavy atom. The van der Waals surface area contributed by atoms with Crippen LogP contribution in [-0.4, -0.2) is 24.0 Å². The zero-order valence-corrected chi connectivity index (χ0v) is 4.73. The van der Waals surface area contributed by atoms with Crippen LogP contribution < -0.4 is 0 Å². The van der Waals surface area contributed by atoms with Crippen LogP contribution in [0.15, 0.2) is 0 Å². The fourth-order valence-electron chi connectivity index (χ4n) is 0. The lowest BCUT2D eigenvalue weighted by Gasteiger charge is -1.34. The molecular weight excluding hydrogens is 128 g/mol. The van der Waals surface area contributed by atoms with Gasteiger partial charge in [-0.3, -0.25) is 4.79 Å². The summed E-state index contributed by atoms with van der Waals surface area (Å²) in [6, 6.07) is 0. The highest BCUT2D eigenvalue weighted by atomic mass is 16.3. The number of carboxylic acid groups (broad SMARTS) is 1. The molecule has 0 aliphatic rings. The molecule has 5 nitrogen and oxygen atoms in total. The first-order valence-electron chi connectivity index (χ1n) is 1.72. The molecule has 0 saturated heterocycles. The maximum atomic E-state index is 8.81. The molecule has 0 aliphatic carbocycles. The number of aldehydes is 1. The lowest BCUT2D eigenvalue weighted by Crippen LogP contribution is -1.49. The van der Waals surface area contributed by atoms with E-state index >= 15 is 0 Å². The normalized spacial score (nSPS) is 3.67. The van der Waals surface area contributed by atoms with Gasteiger partial charge in [-0.15, -0.1) is 0 Å². The Bertz CT molecular complexity index is 75.0. The van der Waals surface area contributed by atoms with Crippen molar-refractivity contribution in [1.29, 1.82) is 0 Å². The van der Waals surface area contributed by atoms with Gasteiger partial charge in [-0.05, 0) is 6.92 Å². The molecule has 52 valence electrons. The lowest BCUT2D eigenvalue weighted by atomic mass is 11.0. The van der Waals surface area contributed by atoms with E-state index in [9.17, 15) is 0 Å². The first kappa shape index (κ1) is 15.6. The Hall–Kier alpha value is -1.48. The second-order valence-corrected chi connectivity index (χ2v) is 0.424. The van der Waals surface area contributed by atoms with Gasteiger partial charge in [-0.1, -0.05) is 0 Å². The van der Waals surface area contributed by atoms with E-state index in [1.807, 2.05) is 0 Å². The smallest absolute Gasteiger partial charge is 0.373 e. The number of carbonyl (C=O) groups excluding carboxylic acids is 3. The minimum absolute atomic E-state index is 0.250. The van der Waals surface area contributed by atoms with Crippen LogP contribution >= 0.6 is 0 Å². The molecule has 0 spiro atoms. The van der Waals surface area contributed by atoms with Crippen molar-refractivity contribution < 1.29 is 24.3 Å². The molecule has 0 amide bonds. The highest BCUT2D eigenvalue weighted by Gasteiger charge is 1.24. The first-order chi connectivity index (χ1) is 4.24. The van der Waals surface area contributed by atoms with Gasteiger partial charge in [0.2, 0.25) is 0 Å². The van der Waals surface area contributed by atoms with Crippen LogP contribution in [0, 0.1) is 0 Å². The second kappa shape index (κ2) is 86.0. The minimum atomic E-state index is -0.250. The van der Waals surface area contributed by atoms with Crippen molar-refractivity contribution in [3.63, 3.8) is 0 Å². The van der Waals surface area contributed by atoms with Crippen molar-refractivity contribution >= 4 is 18.9 Å². The van der Waals surface area contributed by atoms with E-state index in [2.05, 4.69) is 0 Å². The number of carbonyl (C=O) groups is 2. The summed E-state index contributed by atoms with van der Waals surface area (Å²) in [6.07, 6.45) is 1.00. The van der Waals surface area contributed by atoms with Crippen molar-refractivity contribution in [2.24, 2.45) is 0 Å². The number of hydrogen-bond acceptors (Lipinski definition) is 4. The third kappa shape index (κ3) is 60.8. The molecular formula is C4H6O5. The Balaban J connectivity index is -0.0000000600. The number of hydrogen-bond donors (Lipinski definition) is 1. The molecule has 0 rings (SSSR count). The van der Waals surface area contributed by atoms with Crippen molar-refractivity contribution in [2.75, 3.05) is 0 Å². The third-order valence-electron chi connectivity index (χ3n) is 0. The van der Waals surface area contributed by atoms with Crippen LogP contribution in [-0.2, 0) is 19.2 Å². The highest BCUT2D eigenvalue weighted by Crippen LogP contribution is 1.13. The zero-order chi connectivity index (χ0) is 8.12. The second-order valence-electron chi connectivity index (χ2n) is 0.424. The molecule has 0 bridgehead atoms. The summed E-state index contributed by atoms with van der Waals surface area (Å²) in [5.74, 6) is 0. The fourth-order valence-corrected chi connectivity index (χ4v) is 0. The Morgan fingerprint density at radius 1 is 1.33 bits per heavy atom. The van der Waals surface area contributed by atoms with E-state index in [1.165, 1.54) is 6.92 Å². The van der Waals surface area contributed by atoms with Crippen LogP contribution in [0.5, 0.6) is 0 Å². The van der Waals surface area contributed by atoms with E-state index < -0.39 is 0 Å². The molecule has 0 aromatic carbocycles. The monoisotopic (exact) mass is 134 g/mol. The van der Waals surface area contributed by atoms with Gasteiger partial charge in [0.15, 0.2) is 0 Å². The van der Waals surface area contributed by atoms with Crippen molar-refractivity contribution in [3.05, 3.63) is 0 Å². The van der Waals surface area contributed by atoms with Crippen LogP contribution in [0.3, 0.4) is 0 Å². The van der Waals surface area contributed by atoms with Crippen LogP contribution in [0.2, 0.25) is 0 Å². The quantitative estimate of drug-likeness (QED) is 0.443. The average Bonchev–Trinajstić information content (AvgIpc) is 1.70. The maximum absolute atomic E-state index is 8.81. The predicted molar refractivity (Wildman–Crippen MR) is 25.4 cm³/mol. The molecule has 0 aromatic rings. The van der Waals surface area contributed by atoms with Crippen LogP contribution in [0.1, 0.15) is 6.92 Å². The molecule has 0 unspecified atom stereocenters. The van der Waals surface area contributed by atoms with Gasteiger partial charge in [0.25, 0.3) is 6.47 Å². The predicted octanol–water partition coefficient (Wildman–Crippen LogP) is -0.677. The fraction of sp³-hybridized carbons (Fsp3) is 0.250. The van der Waals surface area contributed by atoms with Crippen molar-refractivity contribution in [1.82, 2.24) is 0 Å². The molecule has 5 heteroatoms. The SMILES string of the molecule is CC=O.O=C=O.O=CO. The molecule has 1 N–H and O–H groups in total. The van der Waals surface area contributed by atoms with E-state index in [0.717, 1.165) is 6.29 Å². The standard InChI is InChI=1S/C2H4O.CH2O2.CO2/c1-2-3;2*2-1-3/h2H,1H3;1H,(H,2,3);. The Kier molecular flexibility index (Phi) is 149. The molecule has 0 heterocycles. The van der Waals surface area contributed by atoms with Gasteiger partial charge in [0.1, 0.15) is 6.29 Å². The summed E-state index contributed by atoms with van der Waals surface area (Å²) in [7, 11) is 0. The summed E-state index contributed by atoms with van der Waals surface area (Å²) in [5.41, 5.74) is 0. The molecule has 0 aromatic heterocycles. The van der Waals surface area contributed by atoms with E-state index in [4.69, 9.17) is 24.3 Å². The van der Waals surface area contributed by atoms with Gasteiger partial charge in [-0.25, -0.2) is 0 Å². The van der Waals surface area contributed by atoms with Gasteiger partial charge < -0.3 is 9.90 Å². The minimum Gasteiger partial charge on any atom is -0.483 e. The van der Waals surface area contributed by atoms with Gasteiger partial charge in [-0.2, -0.15) is 9.59 Å². The van der Waals surface area contributed by atoms with Gasteiger partial charge >= 0.3 is 6.15 Å². The van der Waals surface area contributed by atoms with Crippen LogP contribution in [0.4, 0.5) is 0 Å². The van der Waals surface area contributed by atoms with Crippen molar-refractivity contribution in [2.45, 2.75) is 6.92 Å². The molecule has 0 radical (unpaired) electrons. The molecule has 0 saturated carbocycles. The Morgan fingerprint density at radius 2 is 1.33 bits per heavy atom. The molecule has 9 heavy (non-hydrogen) atoms. The van der Waals surface area contributed by atoms with Gasteiger partial charge in [0, 0.05) is 0 Å². The van der Waals surface area contributed by atoms with Crippen molar-refractivity contribution in [3.8, 4) is 0 Å². The summed E-state index contributed by atoms with van der Waals surface area (Å²) in [6.45, 7) is 1.19. The molecule has 0 aliphatic heterocycles. The van der Waals surface area contributed by atoms with Gasteiger partial charge in [0.05, 0.1) is 0 Å². The first-order valence-corrected chi connectivity index (χ1v) is 1.72. The van der Waals surface area contributed by atoms with Crippen LogP contribution in [0.25, 0.3) is 0 Å².